The van der Waals surface area contributed by atoms with E-state index in [0.717, 1.165) is 48.6 Å². The van der Waals surface area contributed by atoms with Crippen molar-refractivity contribution in [2.45, 2.75) is 69.8 Å². The number of carbonyl (C=O) groups is 3. The van der Waals surface area contributed by atoms with E-state index in [0.29, 0.717) is 26.8 Å². The Hall–Kier alpha value is -4.22. The molecule has 1 aromatic heterocycles. The minimum absolute atomic E-state index is 0.188. The smallest absolute Gasteiger partial charge is 0.418 e. The summed E-state index contributed by atoms with van der Waals surface area (Å²) in [6.45, 7) is 3.00. The molecular weight excluding hydrogens is 558 g/mol. The maximum absolute atomic E-state index is 13.9. The minimum Gasteiger partial charge on any atom is -0.427 e. The van der Waals surface area contributed by atoms with Gasteiger partial charge in [0.05, 0.1) is 5.69 Å². The molecule has 2 aromatic carbocycles. The van der Waals surface area contributed by atoms with Gasteiger partial charge in [-0.2, -0.15) is 13.2 Å². The summed E-state index contributed by atoms with van der Waals surface area (Å²) >= 11 is 0. The molecule has 2 fully saturated rings. The lowest BCUT2D eigenvalue weighted by Gasteiger charge is -2.31. The summed E-state index contributed by atoms with van der Waals surface area (Å²) in [5.74, 6) is -1.83. The number of amides is 3. The van der Waals surface area contributed by atoms with Crippen molar-refractivity contribution in [1.82, 2.24) is 15.0 Å². The predicted octanol–water partition coefficient (Wildman–Crippen LogP) is 5.69. The lowest BCUT2D eigenvalue weighted by Crippen LogP contribution is -2.51. The minimum atomic E-state index is -4.78. The number of hydrogen-bond donors (Lipinski definition) is 0. The lowest BCUT2D eigenvalue weighted by atomic mass is 9.92. The molecule has 3 amide bonds. The van der Waals surface area contributed by atoms with Crippen LogP contribution in [0.5, 0.6) is 0 Å². The molecule has 220 valence electrons. The number of imide groups is 1. The van der Waals surface area contributed by atoms with Crippen LogP contribution < -0.4 is 0 Å². The number of alkyl halides is 3. The first-order chi connectivity index (χ1) is 19.8. The highest BCUT2D eigenvalue weighted by molar-refractivity contribution is 6.06. The van der Waals surface area contributed by atoms with Gasteiger partial charge in [-0.3, -0.25) is 9.59 Å². The molecule has 6 rings (SSSR count). The fourth-order valence-corrected chi connectivity index (χ4v) is 6.25. The Morgan fingerprint density at radius 3 is 2.38 bits per heavy atom. The Kier molecular flexibility index (Phi) is 6.25. The summed E-state index contributed by atoms with van der Waals surface area (Å²) in [6.07, 6.45) is -4.15. The highest BCUT2D eigenvalue weighted by atomic mass is 19.4. The van der Waals surface area contributed by atoms with Gasteiger partial charge in [0.2, 0.25) is 11.5 Å². The topological polar surface area (TPSA) is 93.0 Å². The van der Waals surface area contributed by atoms with Crippen LogP contribution in [0.15, 0.2) is 47.0 Å². The second-order valence-electron chi connectivity index (χ2n) is 11.4. The Morgan fingerprint density at radius 2 is 1.79 bits per heavy atom. The van der Waals surface area contributed by atoms with Crippen LogP contribution in [0.2, 0.25) is 0 Å². The molecule has 2 atom stereocenters. The fraction of sp³-hybridized carbons (Fsp3) is 0.400. The van der Waals surface area contributed by atoms with Crippen LogP contribution in [0.25, 0.3) is 11.1 Å². The van der Waals surface area contributed by atoms with Gasteiger partial charge in [0.25, 0.3) is 5.91 Å². The second-order valence-corrected chi connectivity index (χ2v) is 11.4. The third-order valence-electron chi connectivity index (χ3n) is 8.68. The summed E-state index contributed by atoms with van der Waals surface area (Å²) in [5.41, 5.74) is 1.94. The van der Waals surface area contributed by atoms with Gasteiger partial charge in [-0.15, -0.1) is 0 Å². The van der Waals surface area contributed by atoms with Crippen LogP contribution in [-0.4, -0.2) is 51.6 Å². The van der Waals surface area contributed by atoms with Gasteiger partial charge in [-0.1, -0.05) is 29.4 Å². The quantitative estimate of drug-likeness (QED) is 0.346. The summed E-state index contributed by atoms with van der Waals surface area (Å²) in [5, 5.41) is 4.01. The standard InChI is InChI=1S/C30H27F4N3O5/c1-16-25(17(2)42-35-16)20-6-9-22-23(12-20)28(10-11-28)15-29(22)26(39)37(27(40)41-29)14-24(38)36(18(3)30(32,33)34)13-19-4-7-21(31)8-5-19/h4-9,12,18H,10-11,13-15H2,1-3H3/t18-,29+/m0/s1. The Bertz CT molecular complexity index is 1590. The zero-order valence-electron chi connectivity index (χ0n) is 23.0. The van der Waals surface area contributed by atoms with Gasteiger partial charge in [-0.05, 0) is 68.5 Å². The third-order valence-corrected chi connectivity index (χ3v) is 8.68. The molecular formula is C30H27F4N3O5. The van der Waals surface area contributed by atoms with E-state index in [1.807, 2.05) is 13.0 Å². The second kappa shape index (κ2) is 9.40. The largest absolute Gasteiger partial charge is 0.427 e. The third kappa shape index (κ3) is 4.35. The van der Waals surface area contributed by atoms with Crippen molar-refractivity contribution in [1.29, 1.82) is 0 Å². The average Bonchev–Trinajstić information content (AvgIpc) is 3.49. The Morgan fingerprint density at radius 1 is 1.10 bits per heavy atom. The first-order valence-electron chi connectivity index (χ1n) is 13.5. The van der Waals surface area contributed by atoms with Gasteiger partial charge >= 0.3 is 12.3 Å². The van der Waals surface area contributed by atoms with Gasteiger partial charge in [0, 0.05) is 29.5 Å². The van der Waals surface area contributed by atoms with E-state index < -0.39 is 54.6 Å². The SMILES string of the molecule is Cc1noc(C)c1-c1ccc2c(c1)C1(CC1)C[C@@]21OC(=O)N(CC(=O)N(Cc2ccc(F)cc2)[C@@H](C)C(F)(F)F)C1=O. The van der Waals surface area contributed by atoms with Crippen molar-refractivity contribution >= 4 is 17.9 Å². The Balaban J connectivity index is 1.30. The lowest BCUT2D eigenvalue weighted by molar-refractivity contribution is -0.187. The molecule has 2 spiro atoms. The van der Waals surface area contributed by atoms with Crippen molar-refractivity contribution in [2.75, 3.05) is 6.54 Å². The number of rotatable bonds is 6. The fourth-order valence-electron chi connectivity index (χ4n) is 6.25. The molecule has 1 saturated heterocycles. The number of benzene rings is 2. The molecule has 0 radical (unpaired) electrons. The van der Waals surface area contributed by atoms with Gasteiger partial charge in [0.1, 0.15) is 24.2 Å². The van der Waals surface area contributed by atoms with Crippen LogP contribution in [0.1, 0.15) is 54.3 Å². The molecule has 0 bridgehead atoms. The van der Waals surface area contributed by atoms with E-state index >= 15 is 0 Å². The van der Waals surface area contributed by atoms with Crippen LogP contribution in [0.3, 0.4) is 0 Å². The van der Waals surface area contributed by atoms with Gasteiger partial charge in [-0.25, -0.2) is 14.1 Å². The van der Waals surface area contributed by atoms with Crippen molar-refractivity contribution in [2.24, 2.45) is 0 Å². The maximum atomic E-state index is 13.9. The van der Waals surface area contributed by atoms with E-state index in [2.05, 4.69) is 5.16 Å². The van der Waals surface area contributed by atoms with Crippen molar-refractivity contribution < 1.29 is 41.2 Å². The van der Waals surface area contributed by atoms with Crippen molar-refractivity contribution in [3.63, 3.8) is 0 Å². The number of hydrogen-bond acceptors (Lipinski definition) is 6. The molecule has 0 N–H and O–H groups in total. The number of nitrogens with zero attached hydrogens (tertiary/aromatic N) is 3. The molecule has 3 aliphatic rings. The van der Waals surface area contributed by atoms with E-state index in [1.165, 1.54) is 12.1 Å². The zero-order valence-corrected chi connectivity index (χ0v) is 23.0. The molecule has 2 aliphatic carbocycles. The van der Waals surface area contributed by atoms with Crippen molar-refractivity contribution in [3.8, 4) is 11.1 Å². The van der Waals surface area contributed by atoms with E-state index in [-0.39, 0.29) is 17.4 Å². The summed E-state index contributed by atoms with van der Waals surface area (Å²) < 4.78 is 65.6. The molecule has 0 unspecified atom stereocenters. The predicted molar refractivity (Wildman–Crippen MR) is 139 cm³/mol. The maximum Gasteiger partial charge on any atom is 0.418 e. The normalized spacial score (nSPS) is 21.2. The van der Waals surface area contributed by atoms with E-state index in [1.54, 1.807) is 19.1 Å². The summed E-state index contributed by atoms with van der Waals surface area (Å²) in [7, 11) is 0. The summed E-state index contributed by atoms with van der Waals surface area (Å²) in [4.78, 5) is 41.4. The number of ether oxygens (including phenoxy) is 1. The molecule has 1 aliphatic heterocycles. The molecule has 8 nitrogen and oxygen atoms in total. The summed E-state index contributed by atoms with van der Waals surface area (Å²) in [6, 6.07) is 7.92. The molecule has 3 aromatic rings. The highest BCUT2D eigenvalue weighted by Crippen LogP contribution is 2.65. The van der Waals surface area contributed by atoms with Crippen LogP contribution in [0.4, 0.5) is 22.4 Å². The molecule has 1 saturated carbocycles. The number of aromatic nitrogens is 1. The monoisotopic (exact) mass is 585 g/mol. The van der Waals surface area contributed by atoms with E-state index in [9.17, 15) is 31.9 Å². The molecule has 42 heavy (non-hydrogen) atoms. The van der Waals surface area contributed by atoms with Crippen molar-refractivity contribution in [3.05, 3.63) is 76.4 Å². The number of carbonyl (C=O) groups excluding carboxylic acids is 3. The number of fused-ring (bicyclic) bond motifs is 3. The van der Waals surface area contributed by atoms with Crippen LogP contribution in [-0.2, 0) is 31.9 Å². The zero-order chi connectivity index (χ0) is 30.2. The molecule has 2 heterocycles. The number of aryl methyl sites for hydroxylation is 2. The van der Waals surface area contributed by atoms with Crippen LogP contribution in [0, 0.1) is 19.7 Å². The number of halogens is 4. The average molecular weight is 586 g/mol. The first kappa shape index (κ1) is 27.9. The Labute approximate surface area is 238 Å². The molecule has 12 heteroatoms. The highest BCUT2D eigenvalue weighted by Gasteiger charge is 2.68. The van der Waals surface area contributed by atoms with Gasteiger partial charge < -0.3 is 14.2 Å². The first-order valence-corrected chi connectivity index (χ1v) is 13.5. The van der Waals surface area contributed by atoms with Gasteiger partial charge in [0.15, 0.2) is 0 Å². The van der Waals surface area contributed by atoms with Crippen LogP contribution >= 0.6 is 0 Å². The van der Waals surface area contributed by atoms with E-state index in [4.69, 9.17) is 9.26 Å².